The van der Waals surface area contributed by atoms with Crippen molar-refractivity contribution in [1.29, 1.82) is 0 Å². The smallest absolute Gasteiger partial charge is 0.279 e. The van der Waals surface area contributed by atoms with Crippen LogP contribution in [0.25, 0.3) is 0 Å². The highest BCUT2D eigenvalue weighted by Crippen LogP contribution is 2.41. The molecule has 0 N–H and O–H groups in total. The number of carbonyl (C=O) groups excluding carboxylic acids is 1. The van der Waals surface area contributed by atoms with Crippen LogP contribution in [0.15, 0.2) is 6.20 Å². The van der Waals surface area contributed by atoms with Crippen molar-refractivity contribution in [3.63, 3.8) is 0 Å². The normalized spacial score (nSPS) is 14.0. The average Bonchev–Trinajstić information content (AvgIpc) is 2.81. The fraction of sp³-hybridized carbons (Fsp3) is 0.385. The minimum absolute atomic E-state index is 0.153. The van der Waals surface area contributed by atoms with Gasteiger partial charge in [0.1, 0.15) is 10.7 Å². The van der Waals surface area contributed by atoms with Crippen molar-refractivity contribution in [3.05, 3.63) is 22.2 Å². The lowest BCUT2D eigenvalue weighted by Gasteiger charge is -2.23. The second-order valence-electron chi connectivity index (χ2n) is 4.75. The lowest BCUT2D eigenvalue weighted by atomic mass is 10.3. The van der Waals surface area contributed by atoms with E-state index in [1.807, 2.05) is 11.8 Å². The second kappa shape index (κ2) is 5.23. The molecule has 0 atom stereocenters. The first-order valence-corrected chi connectivity index (χ1v) is 7.78. The molecule has 3 rings (SSSR count). The fourth-order valence-electron chi connectivity index (χ4n) is 2.31. The standard InChI is InChI=1S/C13H14ClN5OS/c1-4-5-19-10-8(6-15-13(14)17-10)18(3)11(20)9-12(19)21-7(2)16-9/h6H,4-5H2,1-3H3. The molecule has 0 radical (unpaired) electrons. The summed E-state index contributed by atoms with van der Waals surface area (Å²) in [5.41, 5.74) is 1.10. The third-order valence-electron chi connectivity index (χ3n) is 3.25. The second-order valence-corrected chi connectivity index (χ2v) is 6.27. The summed E-state index contributed by atoms with van der Waals surface area (Å²) in [4.78, 5) is 28.8. The lowest BCUT2D eigenvalue weighted by molar-refractivity contribution is 0.0990. The maximum absolute atomic E-state index is 12.6. The molecule has 0 unspecified atom stereocenters. The Labute approximate surface area is 131 Å². The summed E-state index contributed by atoms with van der Waals surface area (Å²) in [6.45, 7) is 4.70. The minimum Gasteiger partial charge on any atom is -0.314 e. The van der Waals surface area contributed by atoms with Crippen LogP contribution >= 0.6 is 22.9 Å². The maximum atomic E-state index is 12.6. The summed E-state index contributed by atoms with van der Waals surface area (Å²) < 4.78 is 0. The third kappa shape index (κ3) is 2.26. The molecule has 1 aliphatic heterocycles. The Morgan fingerprint density at radius 1 is 1.38 bits per heavy atom. The van der Waals surface area contributed by atoms with Crippen LogP contribution in [0.1, 0.15) is 28.8 Å². The van der Waals surface area contributed by atoms with Crippen molar-refractivity contribution >= 4 is 45.4 Å². The van der Waals surface area contributed by atoms with Crippen molar-refractivity contribution in [2.24, 2.45) is 0 Å². The monoisotopic (exact) mass is 323 g/mol. The molecule has 21 heavy (non-hydrogen) atoms. The van der Waals surface area contributed by atoms with Crippen molar-refractivity contribution in [2.45, 2.75) is 20.3 Å². The van der Waals surface area contributed by atoms with Crippen molar-refractivity contribution in [1.82, 2.24) is 15.0 Å². The number of halogens is 1. The molecule has 0 saturated heterocycles. The van der Waals surface area contributed by atoms with E-state index in [1.165, 1.54) is 16.2 Å². The topological polar surface area (TPSA) is 62.2 Å². The number of hydrogen-bond acceptors (Lipinski definition) is 6. The van der Waals surface area contributed by atoms with Gasteiger partial charge in [-0.05, 0) is 24.9 Å². The molecule has 1 aliphatic rings. The molecule has 110 valence electrons. The zero-order chi connectivity index (χ0) is 15.1. The van der Waals surface area contributed by atoms with Crippen molar-refractivity contribution in [2.75, 3.05) is 23.4 Å². The van der Waals surface area contributed by atoms with Gasteiger partial charge in [-0.2, -0.15) is 4.98 Å². The summed E-state index contributed by atoms with van der Waals surface area (Å²) in [5.74, 6) is 0.496. The quantitative estimate of drug-likeness (QED) is 0.795. The summed E-state index contributed by atoms with van der Waals surface area (Å²) in [6.07, 6.45) is 2.49. The van der Waals surface area contributed by atoms with E-state index in [4.69, 9.17) is 11.6 Å². The van der Waals surface area contributed by atoms with Gasteiger partial charge in [-0.25, -0.2) is 9.97 Å². The van der Waals surface area contributed by atoms with E-state index in [1.54, 1.807) is 13.2 Å². The Morgan fingerprint density at radius 2 is 2.14 bits per heavy atom. The Morgan fingerprint density at radius 3 is 2.86 bits per heavy atom. The molecule has 0 aromatic carbocycles. The Hall–Kier alpha value is -1.73. The lowest BCUT2D eigenvalue weighted by Crippen LogP contribution is -2.26. The summed E-state index contributed by atoms with van der Waals surface area (Å²) in [6, 6.07) is 0. The van der Waals surface area contributed by atoms with Crippen LogP contribution in [-0.2, 0) is 0 Å². The number of nitrogens with zero attached hydrogens (tertiary/aromatic N) is 5. The minimum atomic E-state index is -0.153. The van der Waals surface area contributed by atoms with Gasteiger partial charge in [0.25, 0.3) is 5.91 Å². The van der Waals surface area contributed by atoms with Crippen LogP contribution in [0.5, 0.6) is 0 Å². The van der Waals surface area contributed by atoms with Gasteiger partial charge in [0.15, 0.2) is 11.5 Å². The number of aromatic nitrogens is 3. The maximum Gasteiger partial charge on any atom is 0.279 e. The first-order chi connectivity index (χ1) is 10.0. The molecule has 1 amide bonds. The van der Waals surface area contributed by atoms with E-state index in [9.17, 15) is 4.79 Å². The molecule has 0 fully saturated rings. The highest BCUT2D eigenvalue weighted by atomic mass is 35.5. The van der Waals surface area contributed by atoms with Gasteiger partial charge in [0.2, 0.25) is 5.28 Å². The molecule has 0 saturated carbocycles. The average molecular weight is 324 g/mol. The molecular weight excluding hydrogens is 310 g/mol. The molecule has 8 heteroatoms. The SMILES string of the molecule is CCCN1c2nc(Cl)ncc2N(C)C(=O)c2nc(C)sc21. The number of rotatable bonds is 2. The van der Waals surface area contributed by atoms with E-state index in [-0.39, 0.29) is 11.2 Å². The van der Waals surface area contributed by atoms with Gasteiger partial charge in [0.05, 0.1) is 11.2 Å². The highest BCUT2D eigenvalue weighted by molar-refractivity contribution is 7.16. The van der Waals surface area contributed by atoms with E-state index in [0.717, 1.165) is 23.0 Å². The van der Waals surface area contributed by atoms with Crippen LogP contribution in [0.2, 0.25) is 5.28 Å². The fourth-order valence-corrected chi connectivity index (χ4v) is 3.38. The molecule has 6 nitrogen and oxygen atoms in total. The molecule has 2 aromatic rings. The Balaban J connectivity index is 2.28. The summed E-state index contributed by atoms with van der Waals surface area (Å²) in [7, 11) is 1.70. The predicted octanol–water partition coefficient (Wildman–Crippen LogP) is 3.03. The van der Waals surface area contributed by atoms with Crippen molar-refractivity contribution in [3.8, 4) is 0 Å². The number of anilines is 3. The molecule has 0 aliphatic carbocycles. The molecule has 3 heterocycles. The van der Waals surface area contributed by atoms with Gasteiger partial charge < -0.3 is 9.80 Å². The molecular formula is C13H14ClN5OS. The number of aryl methyl sites for hydroxylation is 1. The summed E-state index contributed by atoms with van der Waals surface area (Å²) in [5, 5.41) is 1.84. The molecule has 0 bridgehead atoms. The molecule has 2 aromatic heterocycles. The van der Waals surface area contributed by atoms with Crippen LogP contribution in [-0.4, -0.2) is 34.5 Å². The van der Waals surface area contributed by atoms with Gasteiger partial charge >= 0.3 is 0 Å². The van der Waals surface area contributed by atoms with E-state index in [2.05, 4.69) is 21.9 Å². The largest absolute Gasteiger partial charge is 0.314 e. The van der Waals surface area contributed by atoms with Gasteiger partial charge in [-0.3, -0.25) is 4.79 Å². The van der Waals surface area contributed by atoms with E-state index >= 15 is 0 Å². The van der Waals surface area contributed by atoms with Crippen LogP contribution in [0.4, 0.5) is 16.5 Å². The van der Waals surface area contributed by atoms with Crippen LogP contribution in [0, 0.1) is 6.92 Å². The number of carbonyl (C=O) groups is 1. The zero-order valence-corrected chi connectivity index (χ0v) is 13.5. The van der Waals surface area contributed by atoms with E-state index in [0.29, 0.717) is 17.2 Å². The Bertz CT molecular complexity index is 717. The van der Waals surface area contributed by atoms with Gasteiger partial charge in [-0.15, -0.1) is 11.3 Å². The van der Waals surface area contributed by atoms with Gasteiger partial charge in [-0.1, -0.05) is 6.92 Å². The van der Waals surface area contributed by atoms with Crippen molar-refractivity contribution < 1.29 is 4.79 Å². The van der Waals surface area contributed by atoms with E-state index < -0.39 is 0 Å². The Kier molecular flexibility index (Phi) is 3.54. The first kappa shape index (κ1) is 14.2. The summed E-state index contributed by atoms with van der Waals surface area (Å²) >= 11 is 7.44. The number of thiazole rings is 1. The highest BCUT2D eigenvalue weighted by Gasteiger charge is 2.33. The predicted molar refractivity (Wildman–Crippen MR) is 83.9 cm³/mol. The third-order valence-corrected chi connectivity index (χ3v) is 4.43. The zero-order valence-electron chi connectivity index (χ0n) is 11.9. The van der Waals surface area contributed by atoms with Gasteiger partial charge in [0, 0.05) is 13.6 Å². The number of amides is 1. The molecule has 0 spiro atoms. The first-order valence-electron chi connectivity index (χ1n) is 6.58. The number of hydrogen-bond donors (Lipinski definition) is 0. The van der Waals surface area contributed by atoms with Crippen LogP contribution < -0.4 is 9.80 Å². The number of fused-ring (bicyclic) bond motifs is 2. The van der Waals surface area contributed by atoms with Crippen LogP contribution in [0.3, 0.4) is 0 Å².